The van der Waals surface area contributed by atoms with Crippen LogP contribution in [0.4, 0.5) is 4.39 Å². The standard InChI is InChI=1S/C20H21FO3/c1-3-4-13-5-7-14(8-6-13)17-11-15-9-10-16(12(2)22)19(21)18(15)20(23)24-17/h5-10,12,17,22H,3-4,11H2,1-2H3. The van der Waals surface area contributed by atoms with Gasteiger partial charge in [-0.25, -0.2) is 9.18 Å². The predicted octanol–water partition coefficient (Wildman–Crippen LogP) is 4.29. The number of aliphatic hydroxyl groups excluding tert-OH is 1. The van der Waals surface area contributed by atoms with Crippen molar-refractivity contribution in [3.63, 3.8) is 0 Å². The van der Waals surface area contributed by atoms with E-state index < -0.39 is 24.0 Å². The van der Waals surface area contributed by atoms with Gasteiger partial charge in [-0.1, -0.05) is 49.7 Å². The highest BCUT2D eigenvalue weighted by molar-refractivity contribution is 5.93. The maximum atomic E-state index is 14.5. The van der Waals surface area contributed by atoms with Crippen molar-refractivity contribution < 1.29 is 19.0 Å². The third-order valence-corrected chi connectivity index (χ3v) is 4.46. The molecule has 126 valence electrons. The van der Waals surface area contributed by atoms with E-state index in [-0.39, 0.29) is 11.1 Å². The number of aryl methyl sites for hydroxylation is 1. The van der Waals surface area contributed by atoms with Crippen LogP contribution in [-0.2, 0) is 17.6 Å². The monoisotopic (exact) mass is 328 g/mol. The molecule has 1 N–H and O–H groups in total. The highest BCUT2D eigenvalue weighted by Gasteiger charge is 2.31. The fourth-order valence-corrected chi connectivity index (χ4v) is 3.15. The van der Waals surface area contributed by atoms with Gasteiger partial charge in [-0.05, 0) is 30.0 Å². The lowest BCUT2D eigenvalue weighted by molar-refractivity contribution is 0.0244. The van der Waals surface area contributed by atoms with Crippen molar-refractivity contribution in [3.05, 3.63) is 70.0 Å². The van der Waals surface area contributed by atoms with Crippen LogP contribution in [0.3, 0.4) is 0 Å². The van der Waals surface area contributed by atoms with Gasteiger partial charge in [0.1, 0.15) is 11.9 Å². The first kappa shape index (κ1) is 16.7. The zero-order chi connectivity index (χ0) is 17.3. The lowest BCUT2D eigenvalue weighted by Gasteiger charge is -2.26. The Morgan fingerprint density at radius 1 is 1.25 bits per heavy atom. The van der Waals surface area contributed by atoms with Crippen LogP contribution in [0, 0.1) is 5.82 Å². The molecule has 4 heteroatoms. The predicted molar refractivity (Wildman–Crippen MR) is 89.3 cm³/mol. The van der Waals surface area contributed by atoms with Gasteiger partial charge >= 0.3 is 5.97 Å². The first-order valence-corrected chi connectivity index (χ1v) is 8.30. The third-order valence-electron chi connectivity index (χ3n) is 4.46. The summed E-state index contributed by atoms with van der Waals surface area (Å²) in [5.74, 6) is -1.34. The Kier molecular flexibility index (Phi) is 4.67. The second kappa shape index (κ2) is 6.73. The molecule has 3 nitrogen and oxygen atoms in total. The van der Waals surface area contributed by atoms with Crippen LogP contribution in [0.25, 0.3) is 0 Å². The summed E-state index contributed by atoms with van der Waals surface area (Å²) in [6.45, 7) is 3.60. The van der Waals surface area contributed by atoms with Crippen molar-refractivity contribution >= 4 is 5.97 Å². The Balaban J connectivity index is 1.90. The molecule has 0 aromatic heterocycles. The van der Waals surface area contributed by atoms with Crippen molar-refractivity contribution in [2.45, 2.75) is 45.3 Å². The molecule has 1 heterocycles. The third kappa shape index (κ3) is 3.06. The number of benzene rings is 2. The van der Waals surface area contributed by atoms with E-state index in [0.717, 1.165) is 18.4 Å². The van der Waals surface area contributed by atoms with Gasteiger partial charge in [0, 0.05) is 12.0 Å². The highest BCUT2D eigenvalue weighted by Crippen LogP contribution is 2.34. The number of aliphatic hydroxyl groups is 1. The number of halogens is 1. The Bertz CT molecular complexity index is 750. The number of rotatable bonds is 4. The number of fused-ring (bicyclic) bond motifs is 1. The van der Waals surface area contributed by atoms with Crippen LogP contribution < -0.4 is 0 Å². The molecular weight excluding hydrogens is 307 g/mol. The zero-order valence-electron chi connectivity index (χ0n) is 13.9. The maximum Gasteiger partial charge on any atom is 0.342 e. The van der Waals surface area contributed by atoms with Crippen LogP contribution >= 0.6 is 0 Å². The summed E-state index contributed by atoms with van der Waals surface area (Å²) < 4.78 is 19.9. The van der Waals surface area contributed by atoms with Gasteiger partial charge in [-0.2, -0.15) is 0 Å². The molecule has 3 rings (SSSR count). The van der Waals surface area contributed by atoms with E-state index >= 15 is 0 Å². The first-order valence-electron chi connectivity index (χ1n) is 8.30. The molecule has 1 aliphatic rings. The Morgan fingerprint density at radius 2 is 1.96 bits per heavy atom. The summed E-state index contributed by atoms with van der Waals surface area (Å²) in [5.41, 5.74) is 2.85. The van der Waals surface area contributed by atoms with Gasteiger partial charge in [-0.3, -0.25) is 0 Å². The van der Waals surface area contributed by atoms with Crippen LogP contribution in [0.5, 0.6) is 0 Å². The SMILES string of the molecule is CCCc1ccc(C2Cc3ccc(C(C)O)c(F)c3C(=O)O2)cc1. The molecule has 0 bridgehead atoms. The molecule has 2 aromatic carbocycles. The Labute approximate surface area is 141 Å². The van der Waals surface area contributed by atoms with Crippen LogP contribution in [0.2, 0.25) is 0 Å². The molecule has 24 heavy (non-hydrogen) atoms. The summed E-state index contributed by atoms with van der Waals surface area (Å²) in [6.07, 6.45) is 1.16. The summed E-state index contributed by atoms with van der Waals surface area (Å²) in [5, 5.41) is 9.60. The average molecular weight is 328 g/mol. The zero-order valence-corrected chi connectivity index (χ0v) is 13.9. The van der Waals surface area contributed by atoms with Crippen molar-refractivity contribution in [2.75, 3.05) is 0 Å². The minimum atomic E-state index is -0.966. The smallest absolute Gasteiger partial charge is 0.342 e. The molecule has 0 spiro atoms. The van der Waals surface area contributed by atoms with Crippen molar-refractivity contribution in [1.82, 2.24) is 0 Å². The normalized spacial score (nSPS) is 18.0. The molecule has 0 saturated carbocycles. The number of esters is 1. The van der Waals surface area contributed by atoms with Crippen LogP contribution in [0.15, 0.2) is 36.4 Å². The second-order valence-electron chi connectivity index (χ2n) is 6.27. The number of hydrogen-bond acceptors (Lipinski definition) is 3. The molecule has 0 aliphatic carbocycles. The summed E-state index contributed by atoms with van der Waals surface area (Å²) >= 11 is 0. The molecule has 0 fully saturated rings. The molecule has 0 amide bonds. The largest absolute Gasteiger partial charge is 0.453 e. The number of carbonyl (C=O) groups is 1. The van der Waals surface area contributed by atoms with Crippen molar-refractivity contribution in [2.24, 2.45) is 0 Å². The van der Waals surface area contributed by atoms with Gasteiger partial charge in [0.05, 0.1) is 11.7 Å². The number of carbonyl (C=O) groups excluding carboxylic acids is 1. The van der Waals surface area contributed by atoms with Crippen LogP contribution in [0.1, 0.15) is 65.1 Å². The van der Waals surface area contributed by atoms with E-state index in [9.17, 15) is 14.3 Å². The molecular formula is C20H21FO3. The van der Waals surface area contributed by atoms with E-state index in [0.29, 0.717) is 12.0 Å². The van der Waals surface area contributed by atoms with Gasteiger partial charge in [0.2, 0.25) is 0 Å². The molecule has 2 unspecified atom stereocenters. The van der Waals surface area contributed by atoms with Gasteiger partial charge in [0.15, 0.2) is 0 Å². The lowest BCUT2D eigenvalue weighted by atomic mass is 9.91. The average Bonchev–Trinajstić information content (AvgIpc) is 2.55. The Hall–Kier alpha value is -2.20. The van der Waals surface area contributed by atoms with E-state index in [1.54, 1.807) is 12.1 Å². The minimum Gasteiger partial charge on any atom is -0.453 e. The van der Waals surface area contributed by atoms with Gasteiger partial charge < -0.3 is 9.84 Å². The summed E-state index contributed by atoms with van der Waals surface area (Å²) in [7, 11) is 0. The summed E-state index contributed by atoms with van der Waals surface area (Å²) in [6, 6.07) is 11.3. The molecule has 2 atom stereocenters. The van der Waals surface area contributed by atoms with Crippen molar-refractivity contribution in [3.8, 4) is 0 Å². The first-order chi connectivity index (χ1) is 11.5. The minimum absolute atomic E-state index is 0.0488. The number of cyclic esters (lactones) is 1. The highest BCUT2D eigenvalue weighted by atomic mass is 19.1. The molecule has 0 saturated heterocycles. The van der Waals surface area contributed by atoms with Gasteiger partial charge in [0.25, 0.3) is 0 Å². The lowest BCUT2D eigenvalue weighted by Crippen LogP contribution is -2.24. The topological polar surface area (TPSA) is 46.5 Å². The molecule has 1 aliphatic heterocycles. The fourth-order valence-electron chi connectivity index (χ4n) is 3.15. The molecule has 0 radical (unpaired) electrons. The second-order valence-corrected chi connectivity index (χ2v) is 6.27. The number of hydrogen-bond donors (Lipinski definition) is 1. The Morgan fingerprint density at radius 3 is 2.58 bits per heavy atom. The van der Waals surface area contributed by atoms with Gasteiger partial charge in [-0.15, -0.1) is 0 Å². The molecule has 2 aromatic rings. The van der Waals surface area contributed by atoms with Crippen LogP contribution in [-0.4, -0.2) is 11.1 Å². The van der Waals surface area contributed by atoms with E-state index in [1.807, 2.05) is 24.3 Å². The quantitative estimate of drug-likeness (QED) is 0.852. The van der Waals surface area contributed by atoms with E-state index in [2.05, 4.69) is 6.92 Å². The maximum absolute atomic E-state index is 14.5. The van der Waals surface area contributed by atoms with E-state index in [1.165, 1.54) is 12.5 Å². The van der Waals surface area contributed by atoms with Crippen molar-refractivity contribution in [1.29, 1.82) is 0 Å². The summed E-state index contributed by atoms with van der Waals surface area (Å²) in [4.78, 5) is 12.3. The van der Waals surface area contributed by atoms with E-state index in [4.69, 9.17) is 4.74 Å². The number of ether oxygens (including phenoxy) is 1. The fraction of sp³-hybridized carbons (Fsp3) is 0.350.